The maximum absolute atomic E-state index is 12.5. The summed E-state index contributed by atoms with van der Waals surface area (Å²) in [4.78, 5) is 36.9. The van der Waals surface area contributed by atoms with Crippen molar-refractivity contribution in [2.45, 2.75) is 130 Å². The van der Waals surface area contributed by atoms with Gasteiger partial charge in [-0.3, -0.25) is 14.4 Å². The van der Waals surface area contributed by atoms with Crippen LogP contribution in [0.15, 0.2) is 12.2 Å². The highest BCUT2D eigenvalue weighted by molar-refractivity contribution is 5.88. The van der Waals surface area contributed by atoms with E-state index in [9.17, 15) is 14.4 Å². The molecule has 6 heteroatoms. The van der Waals surface area contributed by atoms with Gasteiger partial charge in [0.1, 0.15) is 6.04 Å². The quantitative estimate of drug-likeness (QED) is 0.144. The zero-order chi connectivity index (χ0) is 24.6. The molecule has 0 bridgehead atoms. The number of amides is 3. The highest BCUT2D eigenvalue weighted by Crippen LogP contribution is 2.09. The number of unbranched alkanes of at least 4 members (excludes halogenated alkanes) is 9. The van der Waals surface area contributed by atoms with Gasteiger partial charge in [-0.25, -0.2) is 0 Å². The molecule has 0 aromatic rings. The van der Waals surface area contributed by atoms with Crippen LogP contribution >= 0.6 is 0 Å². The third kappa shape index (κ3) is 20.5. The van der Waals surface area contributed by atoms with E-state index < -0.39 is 6.04 Å². The molecule has 6 nitrogen and oxygen atoms in total. The third-order valence-corrected chi connectivity index (χ3v) is 5.66. The lowest BCUT2D eigenvalue weighted by Gasteiger charge is -2.18. The van der Waals surface area contributed by atoms with Gasteiger partial charge >= 0.3 is 0 Å². The average Bonchev–Trinajstić information content (AvgIpc) is 2.80. The molecule has 0 aliphatic carbocycles. The molecule has 33 heavy (non-hydrogen) atoms. The smallest absolute Gasteiger partial charge is 0.242 e. The van der Waals surface area contributed by atoms with E-state index in [-0.39, 0.29) is 24.1 Å². The van der Waals surface area contributed by atoms with Crippen LogP contribution in [0.3, 0.4) is 0 Å². The monoisotopic (exact) mass is 465 g/mol. The SMILES string of the molecule is CCCC/C=C/CCCCCCCC(=O)N[C@@H](CCC(=O)NCCCC)C(=O)NCCCC. The molecular weight excluding hydrogens is 414 g/mol. The topological polar surface area (TPSA) is 87.3 Å². The van der Waals surface area contributed by atoms with Gasteiger partial charge in [0.05, 0.1) is 0 Å². The molecule has 1 atom stereocenters. The molecule has 3 amide bonds. The fourth-order valence-electron chi connectivity index (χ4n) is 3.45. The van der Waals surface area contributed by atoms with Crippen LogP contribution in [0.1, 0.15) is 124 Å². The van der Waals surface area contributed by atoms with E-state index >= 15 is 0 Å². The summed E-state index contributed by atoms with van der Waals surface area (Å²) in [6.07, 6.45) is 19.7. The van der Waals surface area contributed by atoms with Crippen LogP contribution in [0.25, 0.3) is 0 Å². The second-order valence-corrected chi connectivity index (χ2v) is 8.93. The summed E-state index contributed by atoms with van der Waals surface area (Å²) in [5, 5.41) is 8.62. The van der Waals surface area contributed by atoms with E-state index in [0.29, 0.717) is 25.9 Å². The molecule has 0 aliphatic heterocycles. The molecule has 0 rings (SSSR count). The molecule has 0 aromatic heterocycles. The van der Waals surface area contributed by atoms with Gasteiger partial charge in [0.2, 0.25) is 17.7 Å². The van der Waals surface area contributed by atoms with Crippen molar-refractivity contribution >= 4 is 17.7 Å². The Morgan fingerprint density at radius 3 is 1.88 bits per heavy atom. The third-order valence-electron chi connectivity index (χ3n) is 5.66. The lowest BCUT2D eigenvalue weighted by molar-refractivity contribution is -0.129. The Bertz CT molecular complexity index is 535. The molecule has 0 unspecified atom stereocenters. The largest absolute Gasteiger partial charge is 0.356 e. The van der Waals surface area contributed by atoms with Gasteiger partial charge in [0.15, 0.2) is 0 Å². The second-order valence-electron chi connectivity index (χ2n) is 8.93. The predicted molar refractivity (Wildman–Crippen MR) is 138 cm³/mol. The average molecular weight is 466 g/mol. The number of nitrogens with one attached hydrogen (secondary N) is 3. The number of hydrogen-bond acceptors (Lipinski definition) is 3. The summed E-state index contributed by atoms with van der Waals surface area (Å²) in [5.41, 5.74) is 0. The molecule has 0 aliphatic rings. The van der Waals surface area contributed by atoms with E-state index in [1.165, 1.54) is 32.1 Å². The number of hydrogen-bond donors (Lipinski definition) is 3. The van der Waals surface area contributed by atoms with Crippen LogP contribution in [0.4, 0.5) is 0 Å². The molecule has 0 saturated carbocycles. The molecular formula is C27H51N3O3. The standard InChI is InChI=1S/C27H51N3O3/c1-4-7-10-11-12-13-14-15-16-17-18-19-26(32)30-24(27(33)29-23-9-6-3)20-21-25(31)28-22-8-5-2/h11-12,24H,4-10,13-23H2,1-3H3,(H,28,31)(H,29,33)(H,30,32)/b12-11+/t24-/m0/s1. The van der Waals surface area contributed by atoms with E-state index in [1.54, 1.807) is 0 Å². The van der Waals surface area contributed by atoms with E-state index in [4.69, 9.17) is 0 Å². The van der Waals surface area contributed by atoms with Crippen molar-refractivity contribution in [1.82, 2.24) is 16.0 Å². The van der Waals surface area contributed by atoms with Gasteiger partial charge in [-0.15, -0.1) is 0 Å². The summed E-state index contributed by atoms with van der Waals surface area (Å²) < 4.78 is 0. The second kappa shape index (κ2) is 23.3. The zero-order valence-electron chi connectivity index (χ0n) is 21.7. The Morgan fingerprint density at radius 2 is 1.21 bits per heavy atom. The molecule has 0 aromatic carbocycles. The first-order chi connectivity index (χ1) is 16.0. The highest BCUT2D eigenvalue weighted by Gasteiger charge is 2.21. The molecule has 0 saturated heterocycles. The van der Waals surface area contributed by atoms with Crippen molar-refractivity contribution in [3.8, 4) is 0 Å². The first-order valence-electron chi connectivity index (χ1n) is 13.5. The van der Waals surface area contributed by atoms with Gasteiger partial charge in [0, 0.05) is 25.9 Å². The summed E-state index contributed by atoms with van der Waals surface area (Å²) in [6, 6.07) is -0.647. The van der Waals surface area contributed by atoms with Crippen molar-refractivity contribution in [3.63, 3.8) is 0 Å². The summed E-state index contributed by atoms with van der Waals surface area (Å²) in [7, 11) is 0. The molecule has 0 radical (unpaired) electrons. The minimum Gasteiger partial charge on any atom is -0.356 e. The van der Waals surface area contributed by atoms with Crippen LogP contribution in [0.5, 0.6) is 0 Å². The molecule has 0 fully saturated rings. The number of carbonyl (C=O) groups is 3. The van der Waals surface area contributed by atoms with Crippen LogP contribution in [-0.4, -0.2) is 36.9 Å². The summed E-state index contributed by atoms with van der Waals surface area (Å²) in [5.74, 6) is -0.356. The number of allylic oxidation sites excluding steroid dienone is 2. The van der Waals surface area contributed by atoms with E-state index in [2.05, 4.69) is 48.9 Å². The van der Waals surface area contributed by atoms with Crippen molar-refractivity contribution in [2.24, 2.45) is 0 Å². The predicted octanol–water partition coefficient (Wildman–Crippen LogP) is 5.56. The van der Waals surface area contributed by atoms with Crippen molar-refractivity contribution < 1.29 is 14.4 Å². The molecule has 192 valence electrons. The fourth-order valence-corrected chi connectivity index (χ4v) is 3.45. The van der Waals surface area contributed by atoms with Crippen molar-refractivity contribution in [2.75, 3.05) is 13.1 Å². The maximum atomic E-state index is 12.5. The minimum atomic E-state index is -0.647. The van der Waals surface area contributed by atoms with Gasteiger partial charge in [0.25, 0.3) is 0 Å². The van der Waals surface area contributed by atoms with Crippen molar-refractivity contribution in [1.29, 1.82) is 0 Å². The van der Waals surface area contributed by atoms with Crippen LogP contribution in [0.2, 0.25) is 0 Å². The number of rotatable bonds is 22. The van der Waals surface area contributed by atoms with Crippen molar-refractivity contribution in [3.05, 3.63) is 12.2 Å². The Labute approximate surface area is 203 Å². The van der Waals surface area contributed by atoms with Crippen LogP contribution < -0.4 is 16.0 Å². The first kappa shape index (κ1) is 31.1. The van der Waals surface area contributed by atoms with Gasteiger partial charge in [-0.1, -0.05) is 77.9 Å². The normalized spacial score (nSPS) is 12.0. The number of carbonyl (C=O) groups excluding carboxylic acids is 3. The van der Waals surface area contributed by atoms with E-state index in [1.807, 2.05) is 0 Å². The van der Waals surface area contributed by atoms with Gasteiger partial charge < -0.3 is 16.0 Å². The Balaban J connectivity index is 4.19. The van der Waals surface area contributed by atoms with Crippen LogP contribution in [-0.2, 0) is 14.4 Å². The molecule has 0 spiro atoms. The highest BCUT2D eigenvalue weighted by atomic mass is 16.2. The molecule has 3 N–H and O–H groups in total. The maximum Gasteiger partial charge on any atom is 0.242 e. The Hall–Kier alpha value is -1.85. The summed E-state index contributed by atoms with van der Waals surface area (Å²) in [6.45, 7) is 7.61. The Morgan fingerprint density at radius 1 is 0.636 bits per heavy atom. The molecule has 0 heterocycles. The summed E-state index contributed by atoms with van der Waals surface area (Å²) >= 11 is 0. The van der Waals surface area contributed by atoms with Crippen LogP contribution in [0, 0.1) is 0 Å². The van der Waals surface area contributed by atoms with Gasteiger partial charge in [-0.2, -0.15) is 0 Å². The lowest BCUT2D eigenvalue weighted by Crippen LogP contribution is -2.47. The van der Waals surface area contributed by atoms with Gasteiger partial charge in [-0.05, 0) is 44.9 Å². The van der Waals surface area contributed by atoms with E-state index in [0.717, 1.165) is 51.4 Å². The first-order valence-corrected chi connectivity index (χ1v) is 13.5. The fraction of sp³-hybridized carbons (Fsp3) is 0.815. The zero-order valence-corrected chi connectivity index (χ0v) is 21.7. The lowest BCUT2D eigenvalue weighted by atomic mass is 10.1. The minimum absolute atomic E-state index is 0.0655. The Kier molecular flexibility index (Phi) is 22.0.